The molecule has 6 N–H and O–H groups in total. The van der Waals surface area contributed by atoms with Crippen LogP contribution in [-0.4, -0.2) is 178 Å². The van der Waals surface area contributed by atoms with E-state index in [1.165, 1.54) is 0 Å². The van der Waals surface area contributed by atoms with Gasteiger partial charge in [-0.05, 0) is 0 Å². The van der Waals surface area contributed by atoms with Crippen LogP contribution in [0.15, 0.2) is 0 Å². The van der Waals surface area contributed by atoms with Crippen molar-refractivity contribution in [3.05, 3.63) is 0 Å². The fourth-order valence-corrected chi connectivity index (χ4v) is 4.08. The molecule has 2 unspecified atom stereocenters. The van der Waals surface area contributed by atoms with Gasteiger partial charge < -0.3 is 62.8 Å². The Morgan fingerprint density at radius 3 is 1.08 bits per heavy atom. The second-order valence-electron chi connectivity index (χ2n) is 8.37. The molecule has 1 aliphatic rings. The molecular formula is C20H38ClGdN4O10. The Balaban J connectivity index is 0. The fourth-order valence-electron chi connectivity index (χ4n) is 4.08. The molecule has 1 radical (unpaired) electrons. The normalized spacial score (nSPS) is 21.1. The molecule has 16 heteroatoms. The summed E-state index contributed by atoms with van der Waals surface area (Å²) in [7, 11) is 0. The largest absolute Gasteiger partial charge is 3.00 e. The number of carboxylic acids is 2. The first kappa shape index (κ1) is 38.3. The molecule has 1 rings (SSSR count). The van der Waals surface area contributed by atoms with Crippen molar-refractivity contribution in [2.45, 2.75) is 24.3 Å². The first-order chi connectivity index (χ1) is 16.2. The maximum Gasteiger partial charge on any atom is 3.00 e. The number of aliphatic carboxylic acids is 2. The number of rotatable bonds is 12. The Bertz CT molecular complexity index is 549. The predicted molar refractivity (Wildman–Crippen MR) is 114 cm³/mol. The summed E-state index contributed by atoms with van der Waals surface area (Å²) in [5.74, 6) is -2.62. The monoisotopic (exact) mass is 687 g/mol. The van der Waals surface area contributed by atoms with Crippen molar-refractivity contribution in [3.8, 4) is 0 Å². The summed E-state index contributed by atoms with van der Waals surface area (Å²) >= 11 is 0. The number of carbonyl (C=O) groups excluding carboxylic acids is 2. The zero-order chi connectivity index (χ0) is 25.7. The summed E-state index contributed by atoms with van der Waals surface area (Å²) in [4.78, 5) is 29.0. The molecule has 0 aromatic rings. The van der Waals surface area contributed by atoms with Crippen LogP contribution in [0.25, 0.3) is 0 Å². The van der Waals surface area contributed by atoms with Crippen molar-refractivity contribution in [1.29, 1.82) is 0 Å². The van der Waals surface area contributed by atoms with E-state index < -0.39 is 75.7 Å². The molecule has 0 aliphatic carbocycles. The molecule has 1 heterocycles. The van der Waals surface area contributed by atoms with Gasteiger partial charge in [-0.15, -0.1) is 0 Å². The molecule has 0 spiro atoms. The summed E-state index contributed by atoms with van der Waals surface area (Å²) in [6.07, 6.45) is -2.52. The van der Waals surface area contributed by atoms with Crippen molar-refractivity contribution in [2.75, 3.05) is 91.9 Å². The summed E-state index contributed by atoms with van der Waals surface area (Å²) in [6.45, 7) is -1.46. The molecular weight excluding hydrogens is 649 g/mol. The number of aliphatic hydroxyl groups is 6. The van der Waals surface area contributed by atoms with Crippen LogP contribution in [0.3, 0.4) is 0 Å². The van der Waals surface area contributed by atoms with Crippen LogP contribution in [0.1, 0.15) is 0 Å². The Hall–Kier alpha value is 0.155. The van der Waals surface area contributed by atoms with Gasteiger partial charge in [0.05, 0.1) is 62.7 Å². The Kier molecular flexibility index (Phi) is 22.4. The second kappa shape index (κ2) is 21.0. The smallest absolute Gasteiger partial charge is 1.00 e. The zero-order valence-electron chi connectivity index (χ0n) is 20.0. The second-order valence-corrected chi connectivity index (χ2v) is 8.37. The van der Waals surface area contributed by atoms with Crippen LogP contribution < -0.4 is 22.6 Å². The number of aliphatic hydroxyl groups excluding tert-OH is 6. The number of carbonyl (C=O) groups is 2. The third kappa shape index (κ3) is 13.8. The number of nitrogens with zero attached hydrogens (tertiary/aromatic N) is 4. The molecule has 36 heavy (non-hydrogen) atoms. The van der Waals surface area contributed by atoms with Gasteiger partial charge in [0.1, 0.15) is 0 Å². The van der Waals surface area contributed by atoms with E-state index in [1.54, 1.807) is 19.6 Å². The summed E-state index contributed by atoms with van der Waals surface area (Å²) in [6, 6.07) is -1.70. The molecule has 0 amide bonds. The zero-order valence-corrected chi connectivity index (χ0v) is 23.1. The van der Waals surface area contributed by atoms with E-state index in [1.807, 2.05) is 0 Å². The molecule has 14 nitrogen and oxygen atoms in total. The number of hydrogen-bond donors (Lipinski definition) is 6. The van der Waals surface area contributed by atoms with Gasteiger partial charge in [0.15, 0.2) is 0 Å². The standard InChI is InChI=1S/C20H40N4O10.ClH.Gd/c25-11-15(17(29)13-27)23-5-1-21(9-19(31)32)2-6-24(16(12-26)18(30)14-28)8-4-22(3-7-23)10-20(33)34;;/h15-18,25-30H,1-14H2,(H,31,32)(H,33,34);1H;/q;;+3/p-3/t15?,16?,17-,18-;;/m0../s1. The molecule has 213 valence electrons. The minimum Gasteiger partial charge on any atom is -1.00 e. The molecule has 0 aromatic carbocycles. The summed E-state index contributed by atoms with van der Waals surface area (Å²) < 4.78 is 0. The van der Waals surface area contributed by atoms with Crippen LogP contribution in [0.2, 0.25) is 0 Å². The van der Waals surface area contributed by atoms with E-state index in [2.05, 4.69) is 0 Å². The minimum atomic E-state index is -1.31. The molecule has 4 atom stereocenters. The van der Waals surface area contributed by atoms with Crippen LogP contribution >= 0.6 is 0 Å². The Morgan fingerprint density at radius 1 is 0.611 bits per heavy atom. The van der Waals surface area contributed by atoms with Gasteiger partial charge in [-0.3, -0.25) is 19.6 Å². The summed E-state index contributed by atoms with van der Waals surface area (Å²) in [5, 5.41) is 81.0. The van der Waals surface area contributed by atoms with Gasteiger partial charge in [0.2, 0.25) is 0 Å². The third-order valence-electron chi connectivity index (χ3n) is 6.09. The third-order valence-corrected chi connectivity index (χ3v) is 6.09. The van der Waals surface area contributed by atoms with Gasteiger partial charge in [0, 0.05) is 65.4 Å². The molecule has 0 saturated carbocycles. The van der Waals surface area contributed by atoms with E-state index >= 15 is 0 Å². The maximum absolute atomic E-state index is 11.3. The van der Waals surface area contributed by atoms with Crippen LogP contribution in [0.5, 0.6) is 0 Å². The Labute approximate surface area is 249 Å². The van der Waals surface area contributed by atoms with E-state index in [0.717, 1.165) is 0 Å². The number of hydrogen-bond acceptors (Lipinski definition) is 14. The number of carboxylic acid groups (broad SMARTS) is 2. The van der Waals surface area contributed by atoms with Crippen LogP contribution in [-0.2, 0) is 9.59 Å². The Morgan fingerprint density at radius 2 is 0.889 bits per heavy atom. The topological polar surface area (TPSA) is 215 Å². The minimum absolute atomic E-state index is 0. The predicted octanol–water partition coefficient (Wildman–Crippen LogP) is -10.9. The van der Waals surface area contributed by atoms with Crippen molar-refractivity contribution in [1.82, 2.24) is 19.6 Å². The van der Waals surface area contributed by atoms with Crippen molar-refractivity contribution in [2.24, 2.45) is 0 Å². The number of halogens is 1. The SMILES string of the molecule is O=C([O-])CN1CCN(C(CO)[C@@H](O)CO)CCN(CC(=O)[O-])CCN(C(CO)[C@@H](O)CO)CC1.[Cl-].[Gd+3]. The molecule has 0 bridgehead atoms. The first-order valence-electron chi connectivity index (χ1n) is 11.3. The van der Waals surface area contributed by atoms with Crippen molar-refractivity contribution >= 4 is 11.9 Å². The average Bonchev–Trinajstić information content (AvgIpc) is 2.79. The van der Waals surface area contributed by atoms with Gasteiger partial charge in [-0.25, -0.2) is 0 Å². The van der Waals surface area contributed by atoms with E-state index in [-0.39, 0.29) is 105 Å². The van der Waals surface area contributed by atoms with E-state index in [4.69, 9.17) is 0 Å². The quantitative estimate of drug-likeness (QED) is 0.113. The van der Waals surface area contributed by atoms with E-state index in [9.17, 15) is 50.4 Å². The van der Waals surface area contributed by atoms with Crippen molar-refractivity contribution in [3.63, 3.8) is 0 Å². The summed E-state index contributed by atoms with van der Waals surface area (Å²) in [5.41, 5.74) is 0. The molecule has 1 fully saturated rings. The maximum atomic E-state index is 11.3. The average molecular weight is 687 g/mol. The van der Waals surface area contributed by atoms with Gasteiger partial charge >= 0.3 is 39.9 Å². The van der Waals surface area contributed by atoms with Crippen molar-refractivity contribution < 1.29 is 103 Å². The fraction of sp³-hybridized carbons (Fsp3) is 0.900. The van der Waals surface area contributed by atoms with Crippen LogP contribution in [0.4, 0.5) is 0 Å². The van der Waals surface area contributed by atoms with Gasteiger partial charge in [-0.2, -0.15) is 0 Å². The molecule has 1 aliphatic heterocycles. The van der Waals surface area contributed by atoms with Crippen LogP contribution in [0, 0.1) is 39.9 Å². The first-order valence-corrected chi connectivity index (χ1v) is 11.3. The molecule has 0 aromatic heterocycles. The van der Waals surface area contributed by atoms with Gasteiger partial charge in [0.25, 0.3) is 0 Å². The van der Waals surface area contributed by atoms with Gasteiger partial charge in [-0.1, -0.05) is 0 Å². The van der Waals surface area contributed by atoms with E-state index in [0.29, 0.717) is 0 Å². The molecule has 1 saturated heterocycles.